The van der Waals surface area contributed by atoms with Crippen LogP contribution in [0, 0.1) is 5.92 Å². The number of likely N-dealkylation sites (N-methyl/N-ethyl adjacent to an activating group) is 1. The molecule has 0 saturated carbocycles. The van der Waals surface area contributed by atoms with E-state index in [1.165, 1.54) is 38.9 Å². The molecular formula is C32H47N3O. The maximum atomic E-state index is 12.1. The van der Waals surface area contributed by atoms with Gasteiger partial charge in [0.25, 0.3) is 0 Å². The summed E-state index contributed by atoms with van der Waals surface area (Å²) in [6.45, 7) is 20.1. The molecule has 1 atom stereocenters. The van der Waals surface area contributed by atoms with Crippen LogP contribution in [-0.4, -0.2) is 54.4 Å². The van der Waals surface area contributed by atoms with Crippen molar-refractivity contribution >= 4 is 22.4 Å². The first-order chi connectivity index (χ1) is 17.0. The van der Waals surface area contributed by atoms with Gasteiger partial charge in [-0.2, -0.15) is 0 Å². The predicted octanol–water partition coefficient (Wildman–Crippen LogP) is 7.51. The zero-order chi connectivity index (χ0) is 26.6. The third kappa shape index (κ3) is 6.59. The van der Waals surface area contributed by atoms with Gasteiger partial charge in [-0.25, -0.2) is 0 Å². The fourth-order valence-corrected chi connectivity index (χ4v) is 5.23. The van der Waals surface area contributed by atoms with Crippen LogP contribution < -0.4 is 0 Å². The van der Waals surface area contributed by atoms with Gasteiger partial charge in [-0.05, 0) is 92.8 Å². The molecule has 1 saturated heterocycles. The Morgan fingerprint density at radius 3 is 2.39 bits per heavy atom. The molecule has 3 rings (SSSR count). The van der Waals surface area contributed by atoms with Gasteiger partial charge in [0.15, 0.2) is 0 Å². The van der Waals surface area contributed by atoms with Crippen molar-refractivity contribution < 1.29 is 4.79 Å². The summed E-state index contributed by atoms with van der Waals surface area (Å²) in [6, 6.07) is 7.01. The lowest BCUT2D eigenvalue weighted by molar-refractivity contribution is -0.130. The number of hydrogen-bond acceptors (Lipinski definition) is 2. The van der Waals surface area contributed by atoms with E-state index in [0.717, 1.165) is 37.9 Å². The molecule has 2 heterocycles. The van der Waals surface area contributed by atoms with Crippen LogP contribution in [0.25, 0.3) is 16.5 Å². The van der Waals surface area contributed by atoms with Gasteiger partial charge < -0.3 is 9.88 Å². The zero-order valence-corrected chi connectivity index (χ0v) is 23.9. The lowest BCUT2D eigenvalue weighted by Crippen LogP contribution is -2.40. The van der Waals surface area contributed by atoms with E-state index in [9.17, 15) is 4.79 Å². The minimum atomic E-state index is 0.188. The third-order valence-electron chi connectivity index (χ3n) is 7.82. The average molecular weight is 490 g/mol. The van der Waals surface area contributed by atoms with Crippen molar-refractivity contribution in [2.24, 2.45) is 5.92 Å². The van der Waals surface area contributed by atoms with Gasteiger partial charge in [-0.15, -0.1) is 0 Å². The van der Waals surface area contributed by atoms with E-state index in [-0.39, 0.29) is 5.91 Å². The molecule has 1 aliphatic heterocycles. The Labute approximate surface area is 219 Å². The van der Waals surface area contributed by atoms with Gasteiger partial charge in [0.05, 0.1) is 6.54 Å². The van der Waals surface area contributed by atoms with Gasteiger partial charge in [-0.3, -0.25) is 9.69 Å². The Balaban J connectivity index is 1.95. The second-order valence-electron chi connectivity index (χ2n) is 11.4. The average Bonchev–Trinajstić information content (AvgIpc) is 3.22. The molecule has 1 unspecified atom stereocenters. The minimum Gasteiger partial charge on any atom is -0.354 e. The number of carbonyl (C=O) groups excluding carboxylic acids is 1. The summed E-state index contributed by atoms with van der Waals surface area (Å²) in [6.07, 6.45) is 7.90. The van der Waals surface area contributed by atoms with Crippen LogP contribution >= 0.6 is 0 Å². The molecule has 2 aromatic rings. The van der Waals surface area contributed by atoms with Gasteiger partial charge >= 0.3 is 0 Å². The number of fused-ring (bicyclic) bond motifs is 1. The number of piperidine rings is 1. The number of allylic oxidation sites excluding steroid dienone is 5. The maximum Gasteiger partial charge on any atom is 0.236 e. The highest BCUT2D eigenvalue weighted by Crippen LogP contribution is 2.38. The first-order valence-electron chi connectivity index (χ1n) is 13.7. The molecule has 1 N–H and O–H groups in total. The van der Waals surface area contributed by atoms with E-state index in [4.69, 9.17) is 0 Å². The predicted molar refractivity (Wildman–Crippen MR) is 155 cm³/mol. The van der Waals surface area contributed by atoms with Crippen molar-refractivity contribution in [1.29, 1.82) is 0 Å². The van der Waals surface area contributed by atoms with Crippen molar-refractivity contribution in [1.82, 2.24) is 14.8 Å². The third-order valence-corrected chi connectivity index (χ3v) is 7.82. The molecule has 0 radical (unpaired) electrons. The van der Waals surface area contributed by atoms with E-state index >= 15 is 0 Å². The van der Waals surface area contributed by atoms with Crippen LogP contribution in [0.4, 0.5) is 0 Å². The molecule has 1 aliphatic rings. The number of hydrogen-bond donors (Lipinski definition) is 1. The van der Waals surface area contributed by atoms with E-state index in [2.05, 4.69) is 88.4 Å². The lowest BCUT2D eigenvalue weighted by atomic mass is 9.87. The Kier molecular flexibility index (Phi) is 9.41. The van der Waals surface area contributed by atoms with Crippen molar-refractivity contribution in [2.45, 2.75) is 72.6 Å². The summed E-state index contributed by atoms with van der Waals surface area (Å²) in [5.74, 6) is 1.67. The topological polar surface area (TPSA) is 39.3 Å². The van der Waals surface area contributed by atoms with Gasteiger partial charge in [0.1, 0.15) is 0 Å². The van der Waals surface area contributed by atoms with Gasteiger partial charge in [-0.1, -0.05) is 63.6 Å². The van der Waals surface area contributed by atoms with E-state index in [1.807, 2.05) is 14.1 Å². The largest absolute Gasteiger partial charge is 0.354 e. The van der Waals surface area contributed by atoms with Crippen LogP contribution in [0.1, 0.15) is 89.5 Å². The summed E-state index contributed by atoms with van der Waals surface area (Å²) >= 11 is 0. The Bertz CT molecular complexity index is 1140. The Morgan fingerprint density at radius 2 is 1.83 bits per heavy atom. The highest BCUT2D eigenvalue weighted by atomic mass is 16.2. The minimum absolute atomic E-state index is 0.188. The number of nitrogens with one attached hydrogen (secondary N) is 1. The number of likely N-dealkylation sites (tertiary alicyclic amines) is 1. The van der Waals surface area contributed by atoms with Crippen molar-refractivity contribution in [3.05, 3.63) is 64.9 Å². The van der Waals surface area contributed by atoms with E-state index in [1.54, 1.807) is 4.90 Å². The molecular weight excluding hydrogens is 442 g/mol. The van der Waals surface area contributed by atoms with Gasteiger partial charge in [0.2, 0.25) is 5.91 Å². The molecule has 1 aromatic carbocycles. The normalized spacial score (nSPS) is 17.1. The lowest BCUT2D eigenvalue weighted by Gasteiger charge is -2.32. The quantitative estimate of drug-likeness (QED) is 0.370. The summed E-state index contributed by atoms with van der Waals surface area (Å²) in [5.41, 5.74) is 8.92. The van der Waals surface area contributed by atoms with Crippen LogP contribution in [0.15, 0.2) is 48.1 Å². The molecule has 0 spiro atoms. The maximum absolute atomic E-state index is 12.1. The zero-order valence-electron chi connectivity index (χ0n) is 23.9. The number of aromatic nitrogens is 1. The second-order valence-corrected chi connectivity index (χ2v) is 11.4. The number of amides is 1. The van der Waals surface area contributed by atoms with Crippen molar-refractivity contribution in [3.8, 4) is 0 Å². The standard InChI is InChI=1S/C32H47N3O/c1-10-23(6)24(7)18-27(17-21(2)3)32-31(22(4)5)28-19-26(11-12-29(28)33-32)25-13-15-35(16-14-25)20-30(36)34(8)9/h11-12,17-19,22-23,25,33H,2,10,13-16,20H2,1,3-9H3/b24-18-,27-17+. The fraction of sp³-hybridized carbons (Fsp3) is 0.531. The van der Waals surface area contributed by atoms with Crippen LogP contribution in [0.2, 0.25) is 0 Å². The Hall–Kier alpha value is -2.59. The van der Waals surface area contributed by atoms with Crippen molar-refractivity contribution in [3.63, 3.8) is 0 Å². The molecule has 1 amide bonds. The monoisotopic (exact) mass is 489 g/mol. The summed E-state index contributed by atoms with van der Waals surface area (Å²) < 4.78 is 0. The Morgan fingerprint density at radius 1 is 1.17 bits per heavy atom. The molecule has 196 valence electrons. The molecule has 4 heteroatoms. The highest BCUT2D eigenvalue weighted by molar-refractivity contribution is 5.92. The second kappa shape index (κ2) is 12.1. The highest BCUT2D eigenvalue weighted by Gasteiger charge is 2.24. The number of benzene rings is 1. The summed E-state index contributed by atoms with van der Waals surface area (Å²) in [7, 11) is 3.67. The number of carbonyl (C=O) groups is 1. The molecule has 1 fully saturated rings. The molecule has 4 nitrogen and oxygen atoms in total. The molecule has 0 bridgehead atoms. The van der Waals surface area contributed by atoms with E-state index in [0.29, 0.717) is 24.3 Å². The number of rotatable bonds is 9. The fourth-order valence-electron chi connectivity index (χ4n) is 5.23. The molecule has 1 aromatic heterocycles. The molecule has 36 heavy (non-hydrogen) atoms. The van der Waals surface area contributed by atoms with Crippen LogP contribution in [0.3, 0.4) is 0 Å². The summed E-state index contributed by atoms with van der Waals surface area (Å²) in [5, 5.41) is 1.34. The number of H-pyrrole nitrogens is 1. The van der Waals surface area contributed by atoms with Crippen molar-refractivity contribution in [2.75, 3.05) is 33.7 Å². The van der Waals surface area contributed by atoms with Gasteiger partial charge in [0, 0.05) is 30.7 Å². The molecule has 0 aliphatic carbocycles. The SMILES string of the molecule is C=C(C)/C=C(\C=C(\C)C(C)CC)c1[nH]c2ccc(C3CCN(CC(=O)N(C)C)CC3)cc2c1C(C)C. The van der Waals surface area contributed by atoms with Crippen LogP contribution in [-0.2, 0) is 4.79 Å². The van der Waals surface area contributed by atoms with Crippen LogP contribution in [0.5, 0.6) is 0 Å². The first-order valence-corrected chi connectivity index (χ1v) is 13.7. The number of aromatic amines is 1. The first kappa shape index (κ1) is 28.0. The number of nitrogens with zero attached hydrogens (tertiary/aromatic N) is 2. The smallest absolute Gasteiger partial charge is 0.236 e. The summed E-state index contributed by atoms with van der Waals surface area (Å²) in [4.78, 5) is 19.9. The van der Waals surface area contributed by atoms with E-state index < -0.39 is 0 Å².